The number of aromatic nitrogens is 2. The summed E-state index contributed by atoms with van der Waals surface area (Å²) in [6.45, 7) is 4.92. The van der Waals surface area contributed by atoms with Gasteiger partial charge in [-0.05, 0) is 30.5 Å². The first-order valence-corrected chi connectivity index (χ1v) is 11.0. The van der Waals surface area contributed by atoms with Gasteiger partial charge in [-0.1, -0.05) is 44.2 Å². The van der Waals surface area contributed by atoms with Crippen LogP contribution in [0.5, 0.6) is 11.8 Å². The maximum atomic E-state index is 14.1. The number of hydrogen-bond acceptors (Lipinski definition) is 6. The molecule has 0 unspecified atom stereocenters. The van der Waals surface area contributed by atoms with E-state index in [0.29, 0.717) is 5.56 Å². The molecule has 0 fully saturated rings. The van der Waals surface area contributed by atoms with Crippen molar-refractivity contribution in [2.45, 2.75) is 39.3 Å². The molecule has 35 heavy (non-hydrogen) atoms. The van der Waals surface area contributed by atoms with Crippen LogP contribution in [0.1, 0.15) is 58.3 Å². The Hall–Kier alpha value is -4.21. The van der Waals surface area contributed by atoms with Crippen molar-refractivity contribution < 1.29 is 29.0 Å². The third kappa shape index (κ3) is 5.84. The molecule has 0 saturated carbocycles. The minimum absolute atomic E-state index is 0.111. The Morgan fingerprint density at radius 2 is 1.71 bits per heavy atom. The first-order chi connectivity index (χ1) is 16.6. The van der Waals surface area contributed by atoms with Gasteiger partial charge in [-0.15, -0.1) is 0 Å². The van der Waals surface area contributed by atoms with Crippen LogP contribution >= 0.6 is 0 Å². The van der Waals surface area contributed by atoms with Gasteiger partial charge < -0.3 is 20.8 Å². The molecule has 0 bridgehead atoms. The number of halogens is 1. The zero-order chi connectivity index (χ0) is 25.7. The van der Waals surface area contributed by atoms with Crippen molar-refractivity contribution in [3.05, 3.63) is 76.9 Å². The van der Waals surface area contributed by atoms with Gasteiger partial charge in [-0.3, -0.25) is 19.4 Å². The van der Waals surface area contributed by atoms with Gasteiger partial charge in [0.1, 0.15) is 0 Å². The Bertz CT molecular complexity index is 1230. The van der Waals surface area contributed by atoms with E-state index in [0.717, 1.165) is 6.07 Å². The summed E-state index contributed by atoms with van der Waals surface area (Å²) in [7, 11) is 0. The molecule has 2 amide bonds. The van der Waals surface area contributed by atoms with Gasteiger partial charge in [-0.25, -0.2) is 9.37 Å². The number of aromatic amines is 1. The van der Waals surface area contributed by atoms with Crippen LogP contribution in [-0.2, 0) is 4.79 Å². The molecule has 0 aliphatic rings. The average molecular weight is 483 g/mol. The molecule has 0 saturated heterocycles. The first kappa shape index (κ1) is 25.4. The van der Waals surface area contributed by atoms with Crippen molar-refractivity contribution in [2.24, 2.45) is 5.92 Å². The molecule has 184 valence electrons. The van der Waals surface area contributed by atoms with Gasteiger partial charge >= 0.3 is 0 Å². The SMILES string of the molecule is Cc1c(O)[nH]c(O)c1C(=O)[C@H](NC(=O)C[C@H](NC(=O)c1ncccc1F)c1ccccc1)C(C)C. The Kier molecular flexibility index (Phi) is 7.85. The summed E-state index contributed by atoms with van der Waals surface area (Å²) >= 11 is 0. The molecule has 10 heteroatoms. The van der Waals surface area contributed by atoms with Crippen LogP contribution in [-0.4, -0.2) is 43.8 Å². The molecule has 0 aliphatic carbocycles. The van der Waals surface area contributed by atoms with E-state index in [1.807, 2.05) is 0 Å². The highest BCUT2D eigenvalue weighted by atomic mass is 19.1. The number of aromatic hydroxyl groups is 2. The third-order valence-corrected chi connectivity index (χ3v) is 5.59. The second-order valence-electron chi connectivity index (χ2n) is 8.45. The van der Waals surface area contributed by atoms with Gasteiger partial charge in [0.15, 0.2) is 23.2 Å². The van der Waals surface area contributed by atoms with E-state index in [9.17, 15) is 29.0 Å². The summed E-state index contributed by atoms with van der Waals surface area (Å²) in [6.07, 6.45) is 1.04. The van der Waals surface area contributed by atoms with Crippen LogP contribution in [0.4, 0.5) is 4.39 Å². The van der Waals surface area contributed by atoms with E-state index in [1.165, 1.54) is 19.2 Å². The summed E-state index contributed by atoms with van der Waals surface area (Å²) in [5.74, 6) is -3.89. The molecule has 5 N–H and O–H groups in total. The Labute approximate surface area is 201 Å². The van der Waals surface area contributed by atoms with Crippen molar-refractivity contribution in [3.8, 4) is 11.8 Å². The number of carbonyl (C=O) groups is 3. The second-order valence-corrected chi connectivity index (χ2v) is 8.45. The van der Waals surface area contributed by atoms with Crippen molar-refractivity contribution >= 4 is 17.6 Å². The highest BCUT2D eigenvalue weighted by molar-refractivity contribution is 6.05. The smallest absolute Gasteiger partial charge is 0.273 e. The van der Waals surface area contributed by atoms with Crippen molar-refractivity contribution in [1.29, 1.82) is 0 Å². The van der Waals surface area contributed by atoms with E-state index >= 15 is 0 Å². The lowest BCUT2D eigenvalue weighted by atomic mass is 9.93. The molecule has 1 aromatic carbocycles. The zero-order valence-electron chi connectivity index (χ0n) is 19.5. The molecule has 2 aromatic heterocycles. The average Bonchev–Trinajstić information content (AvgIpc) is 3.08. The quantitative estimate of drug-likeness (QED) is 0.296. The lowest BCUT2D eigenvalue weighted by Gasteiger charge is -2.24. The molecule has 3 aromatic rings. The molecule has 0 radical (unpaired) electrons. The standard InChI is InChI=1S/C25H27FN4O5/c1-13(2)20(22(32)19-14(3)23(33)30-24(19)34)29-18(31)12-17(15-8-5-4-6-9-15)28-25(35)21-16(26)10-7-11-27-21/h4-11,13,17,20,30,33-34H,12H2,1-3H3,(H,28,35)(H,29,31)/t17-,20+/m0/s1. The summed E-state index contributed by atoms with van der Waals surface area (Å²) in [5, 5.41) is 25.1. The number of Topliss-reactive ketones (excluding diaryl/α,β-unsaturated/α-hetero) is 1. The number of amides is 2. The molecule has 0 aliphatic heterocycles. The molecule has 3 rings (SSSR count). The van der Waals surface area contributed by atoms with Crippen molar-refractivity contribution in [1.82, 2.24) is 20.6 Å². The monoisotopic (exact) mass is 482 g/mol. The number of rotatable bonds is 9. The number of H-pyrrole nitrogens is 1. The summed E-state index contributed by atoms with van der Waals surface area (Å²) < 4.78 is 14.1. The minimum Gasteiger partial charge on any atom is -0.494 e. The number of ketones is 1. The van der Waals surface area contributed by atoms with Crippen LogP contribution in [0.15, 0.2) is 48.7 Å². The molecular weight excluding hydrogens is 455 g/mol. The topological polar surface area (TPSA) is 144 Å². The fourth-order valence-corrected chi connectivity index (χ4v) is 3.69. The van der Waals surface area contributed by atoms with Gasteiger partial charge in [0.05, 0.1) is 24.1 Å². The Morgan fingerprint density at radius 3 is 2.29 bits per heavy atom. The van der Waals surface area contributed by atoms with Gasteiger partial charge in [0.2, 0.25) is 11.8 Å². The largest absolute Gasteiger partial charge is 0.494 e. The lowest BCUT2D eigenvalue weighted by molar-refractivity contribution is -0.122. The molecule has 2 atom stereocenters. The van der Waals surface area contributed by atoms with Crippen LogP contribution in [0.25, 0.3) is 0 Å². The van der Waals surface area contributed by atoms with Crippen LogP contribution in [0.2, 0.25) is 0 Å². The Balaban J connectivity index is 1.81. The fraction of sp³-hybridized carbons (Fsp3) is 0.280. The predicted molar refractivity (Wildman–Crippen MR) is 125 cm³/mol. The van der Waals surface area contributed by atoms with Crippen LogP contribution in [0, 0.1) is 18.7 Å². The minimum atomic E-state index is -1.01. The number of pyridine rings is 1. The molecule has 2 heterocycles. The number of benzene rings is 1. The number of nitrogens with one attached hydrogen (secondary N) is 3. The van der Waals surface area contributed by atoms with Gasteiger partial charge in [-0.2, -0.15) is 0 Å². The summed E-state index contributed by atoms with van der Waals surface area (Å²) in [6, 6.07) is 9.29. The summed E-state index contributed by atoms with van der Waals surface area (Å²) in [5.41, 5.74) is 0.255. The number of hydrogen-bond donors (Lipinski definition) is 5. The fourth-order valence-electron chi connectivity index (χ4n) is 3.69. The summed E-state index contributed by atoms with van der Waals surface area (Å²) in [4.78, 5) is 44.9. The van der Waals surface area contributed by atoms with E-state index in [2.05, 4.69) is 20.6 Å². The Morgan fingerprint density at radius 1 is 1.03 bits per heavy atom. The zero-order valence-corrected chi connectivity index (χ0v) is 19.5. The normalized spacial score (nSPS) is 12.7. The van der Waals surface area contributed by atoms with E-state index < -0.39 is 47.1 Å². The van der Waals surface area contributed by atoms with Crippen LogP contribution in [0.3, 0.4) is 0 Å². The third-order valence-electron chi connectivity index (χ3n) is 5.59. The van der Waals surface area contributed by atoms with Crippen molar-refractivity contribution in [3.63, 3.8) is 0 Å². The van der Waals surface area contributed by atoms with Gasteiger partial charge in [0, 0.05) is 11.8 Å². The second kappa shape index (κ2) is 10.8. The molecule has 0 spiro atoms. The maximum absolute atomic E-state index is 14.1. The number of carbonyl (C=O) groups excluding carboxylic acids is 3. The van der Waals surface area contributed by atoms with Gasteiger partial charge in [0.25, 0.3) is 5.91 Å². The highest BCUT2D eigenvalue weighted by Crippen LogP contribution is 2.30. The lowest BCUT2D eigenvalue weighted by Crippen LogP contribution is -2.45. The van der Waals surface area contributed by atoms with Crippen molar-refractivity contribution in [2.75, 3.05) is 0 Å². The predicted octanol–water partition coefficient (Wildman–Crippen LogP) is 3.15. The first-order valence-electron chi connectivity index (χ1n) is 11.0. The number of nitrogens with zero attached hydrogens (tertiary/aromatic N) is 1. The molecular formula is C25H27FN4O5. The van der Waals surface area contributed by atoms with E-state index in [4.69, 9.17) is 0 Å². The maximum Gasteiger partial charge on any atom is 0.273 e. The molecule has 9 nitrogen and oxygen atoms in total. The van der Waals surface area contributed by atoms with Crippen LogP contribution < -0.4 is 10.6 Å². The van der Waals surface area contributed by atoms with E-state index in [-0.39, 0.29) is 29.3 Å². The van der Waals surface area contributed by atoms with E-state index in [1.54, 1.807) is 44.2 Å². The highest BCUT2D eigenvalue weighted by Gasteiger charge is 2.31.